The second kappa shape index (κ2) is 7.68. The number of alkyl halides is 2. The highest BCUT2D eigenvalue weighted by Gasteiger charge is 2.35. The van der Waals surface area contributed by atoms with Gasteiger partial charge in [0.15, 0.2) is 0 Å². The van der Waals surface area contributed by atoms with Crippen molar-refractivity contribution in [1.82, 2.24) is 4.90 Å². The molecule has 1 fully saturated rings. The summed E-state index contributed by atoms with van der Waals surface area (Å²) in [6.07, 6.45) is -1.11. The van der Waals surface area contributed by atoms with Gasteiger partial charge in [0.05, 0.1) is 6.54 Å². The maximum absolute atomic E-state index is 12.4. The van der Waals surface area contributed by atoms with Crippen LogP contribution in [-0.2, 0) is 11.3 Å². The molecule has 0 N–H and O–H groups in total. The van der Waals surface area contributed by atoms with Crippen molar-refractivity contribution in [3.05, 3.63) is 28.2 Å². The smallest absolute Gasteiger partial charge is 0.410 e. The highest BCUT2D eigenvalue weighted by molar-refractivity contribution is 9.10. The predicted octanol–water partition coefficient (Wildman–Crippen LogP) is 4.99. The Morgan fingerprint density at radius 2 is 2.04 bits per heavy atom. The zero-order valence-electron chi connectivity index (χ0n) is 14.0. The van der Waals surface area contributed by atoms with E-state index in [1.165, 1.54) is 0 Å². The normalized spacial score (nSPS) is 14.6. The van der Waals surface area contributed by atoms with Crippen molar-refractivity contribution in [1.29, 1.82) is 0 Å². The lowest BCUT2D eigenvalue weighted by Gasteiger charge is -2.28. The van der Waals surface area contributed by atoms with Gasteiger partial charge < -0.3 is 14.4 Å². The quantitative estimate of drug-likeness (QED) is 0.668. The maximum atomic E-state index is 12.4. The van der Waals surface area contributed by atoms with Crippen LogP contribution in [0.25, 0.3) is 0 Å². The first kappa shape index (κ1) is 19.0. The van der Waals surface area contributed by atoms with Crippen LogP contribution in [0.3, 0.4) is 0 Å². The van der Waals surface area contributed by atoms with Crippen molar-refractivity contribution < 1.29 is 23.0 Å². The van der Waals surface area contributed by atoms with E-state index >= 15 is 0 Å². The van der Waals surface area contributed by atoms with Gasteiger partial charge in [-0.25, -0.2) is 13.6 Å². The summed E-state index contributed by atoms with van der Waals surface area (Å²) in [4.78, 5) is 14.1. The van der Waals surface area contributed by atoms with Gasteiger partial charge in [-0.05, 0) is 51.8 Å². The third kappa shape index (κ3) is 5.92. The summed E-state index contributed by atoms with van der Waals surface area (Å²) in [6.45, 7) is 5.02. The minimum Gasteiger partial charge on any atom is -0.487 e. The SMILES string of the molecule is CC(C)(C)OC(=O)N(Cc1cc(Br)ccc1OCC(F)F)C1CC1. The van der Waals surface area contributed by atoms with Gasteiger partial charge in [-0.1, -0.05) is 15.9 Å². The van der Waals surface area contributed by atoms with Crippen LogP contribution in [0.15, 0.2) is 22.7 Å². The van der Waals surface area contributed by atoms with E-state index in [4.69, 9.17) is 9.47 Å². The van der Waals surface area contributed by atoms with Crippen LogP contribution in [0.5, 0.6) is 5.75 Å². The zero-order chi connectivity index (χ0) is 17.9. The molecule has 0 atom stereocenters. The maximum Gasteiger partial charge on any atom is 0.410 e. The Kier molecular flexibility index (Phi) is 6.06. The third-order valence-electron chi connectivity index (χ3n) is 3.34. The van der Waals surface area contributed by atoms with Crippen molar-refractivity contribution in [3.8, 4) is 5.75 Å². The van der Waals surface area contributed by atoms with Gasteiger partial charge in [0, 0.05) is 16.1 Å². The van der Waals surface area contributed by atoms with E-state index in [-0.39, 0.29) is 12.6 Å². The number of nitrogens with zero attached hydrogens (tertiary/aromatic N) is 1. The number of carbonyl (C=O) groups is 1. The van der Waals surface area contributed by atoms with E-state index in [1.807, 2.05) is 20.8 Å². The first-order chi connectivity index (χ1) is 11.2. The minimum atomic E-state index is -2.55. The molecule has 0 bridgehead atoms. The largest absolute Gasteiger partial charge is 0.487 e. The lowest BCUT2D eigenvalue weighted by atomic mass is 10.2. The second-order valence-corrected chi connectivity index (χ2v) is 7.71. The Hall–Kier alpha value is -1.37. The van der Waals surface area contributed by atoms with Crippen molar-refractivity contribution in [2.75, 3.05) is 6.61 Å². The van der Waals surface area contributed by atoms with Crippen LogP contribution >= 0.6 is 15.9 Å². The van der Waals surface area contributed by atoms with Crippen LogP contribution in [-0.4, -0.2) is 35.7 Å². The number of hydrogen-bond acceptors (Lipinski definition) is 3. The summed E-state index contributed by atoms with van der Waals surface area (Å²) in [7, 11) is 0. The zero-order valence-corrected chi connectivity index (χ0v) is 15.6. The standard InChI is InChI=1S/C17H22BrF2NO3/c1-17(2,3)24-16(22)21(13-5-6-13)9-11-8-12(18)4-7-14(11)23-10-15(19)20/h4,7-8,13,15H,5-6,9-10H2,1-3H3. The fourth-order valence-corrected chi connectivity index (χ4v) is 2.61. The van der Waals surface area contributed by atoms with Crippen molar-refractivity contribution >= 4 is 22.0 Å². The summed E-state index contributed by atoms with van der Waals surface area (Å²) in [5.74, 6) is 0.354. The van der Waals surface area contributed by atoms with Crippen molar-refractivity contribution in [3.63, 3.8) is 0 Å². The molecule has 4 nitrogen and oxygen atoms in total. The Morgan fingerprint density at radius 1 is 1.38 bits per heavy atom. The Labute approximate surface area is 149 Å². The van der Waals surface area contributed by atoms with Gasteiger partial charge in [-0.3, -0.25) is 0 Å². The van der Waals surface area contributed by atoms with Gasteiger partial charge >= 0.3 is 6.09 Å². The Bertz CT molecular complexity index is 586. The molecule has 1 amide bonds. The summed E-state index contributed by atoms with van der Waals surface area (Å²) < 4.78 is 36.3. The lowest BCUT2D eigenvalue weighted by Crippen LogP contribution is -2.38. The van der Waals surface area contributed by atoms with Gasteiger partial charge in [-0.2, -0.15) is 0 Å². The number of benzene rings is 1. The number of halogens is 3. The molecule has 0 saturated heterocycles. The fraction of sp³-hybridized carbons (Fsp3) is 0.588. The molecule has 24 heavy (non-hydrogen) atoms. The van der Waals surface area contributed by atoms with E-state index in [0.29, 0.717) is 11.3 Å². The first-order valence-corrected chi connectivity index (χ1v) is 8.64. The van der Waals surface area contributed by atoms with Crippen LogP contribution in [0.2, 0.25) is 0 Å². The average molecular weight is 406 g/mol. The average Bonchev–Trinajstić information content (AvgIpc) is 3.26. The molecular weight excluding hydrogens is 384 g/mol. The van der Waals surface area contributed by atoms with Crippen molar-refractivity contribution in [2.45, 2.75) is 58.2 Å². The molecular formula is C17H22BrF2NO3. The molecule has 1 aliphatic carbocycles. The molecule has 0 aliphatic heterocycles. The summed E-state index contributed by atoms with van der Waals surface area (Å²) in [5, 5.41) is 0. The van der Waals surface area contributed by atoms with Crippen LogP contribution in [0, 0.1) is 0 Å². The van der Waals surface area contributed by atoms with E-state index in [0.717, 1.165) is 17.3 Å². The molecule has 1 aromatic carbocycles. The van der Waals surface area contributed by atoms with Crippen molar-refractivity contribution in [2.24, 2.45) is 0 Å². The molecule has 1 saturated carbocycles. The topological polar surface area (TPSA) is 38.8 Å². The van der Waals surface area contributed by atoms with Crippen LogP contribution < -0.4 is 4.74 Å². The minimum absolute atomic E-state index is 0.127. The number of amides is 1. The third-order valence-corrected chi connectivity index (χ3v) is 3.84. The molecule has 0 radical (unpaired) electrons. The summed E-state index contributed by atoms with van der Waals surface area (Å²) >= 11 is 3.37. The molecule has 0 spiro atoms. The molecule has 134 valence electrons. The highest BCUT2D eigenvalue weighted by atomic mass is 79.9. The van der Waals surface area contributed by atoms with E-state index in [9.17, 15) is 13.6 Å². The van der Waals surface area contributed by atoms with E-state index in [1.54, 1.807) is 23.1 Å². The number of ether oxygens (including phenoxy) is 2. The molecule has 7 heteroatoms. The van der Waals surface area contributed by atoms with Gasteiger partial charge in [0.25, 0.3) is 6.43 Å². The van der Waals surface area contributed by atoms with E-state index in [2.05, 4.69) is 15.9 Å². The summed E-state index contributed by atoms with van der Waals surface area (Å²) in [6, 6.07) is 5.25. The van der Waals surface area contributed by atoms with Gasteiger partial charge in [-0.15, -0.1) is 0 Å². The predicted molar refractivity (Wildman–Crippen MR) is 90.4 cm³/mol. The lowest BCUT2D eigenvalue weighted by molar-refractivity contribution is 0.0213. The van der Waals surface area contributed by atoms with Gasteiger partial charge in [0.2, 0.25) is 0 Å². The van der Waals surface area contributed by atoms with Crippen LogP contribution in [0.4, 0.5) is 13.6 Å². The number of hydrogen-bond donors (Lipinski definition) is 0. The Balaban J connectivity index is 2.16. The fourth-order valence-electron chi connectivity index (χ4n) is 2.20. The monoisotopic (exact) mass is 405 g/mol. The Morgan fingerprint density at radius 3 is 2.58 bits per heavy atom. The molecule has 0 unspecified atom stereocenters. The van der Waals surface area contributed by atoms with Gasteiger partial charge in [0.1, 0.15) is 18.0 Å². The molecule has 2 rings (SSSR count). The van der Waals surface area contributed by atoms with Crippen LogP contribution in [0.1, 0.15) is 39.2 Å². The molecule has 1 aliphatic rings. The summed E-state index contributed by atoms with van der Waals surface area (Å²) in [5.41, 5.74) is 0.0824. The molecule has 1 aromatic rings. The number of rotatable bonds is 6. The second-order valence-electron chi connectivity index (χ2n) is 6.79. The molecule has 0 heterocycles. The van der Waals surface area contributed by atoms with E-state index < -0.39 is 24.7 Å². The highest BCUT2D eigenvalue weighted by Crippen LogP contribution is 2.33. The first-order valence-electron chi connectivity index (χ1n) is 7.84. The molecule has 0 aromatic heterocycles. The number of carbonyl (C=O) groups excluding carboxylic acids is 1.